The Kier molecular flexibility index (Phi) is 3.93. The van der Waals surface area contributed by atoms with Crippen LogP contribution < -0.4 is 10.2 Å². The molecular weight excluding hydrogens is 282 g/mol. The number of rotatable bonds is 6. The van der Waals surface area contributed by atoms with E-state index in [2.05, 4.69) is 39.2 Å². The van der Waals surface area contributed by atoms with E-state index in [-0.39, 0.29) is 0 Å². The lowest BCUT2D eigenvalue weighted by atomic mass is 10.2. The first-order valence-corrected chi connectivity index (χ1v) is 8.20. The minimum absolute atomic E-state index is 0.529. The summed E-state index contributed by atoms with van der Waals surface area (Å²) in [6.45, 7) is 2.90. The van der Waals surface area contributed by atoms with Gasteiger partial charge in [-0.2, -0.15) is 10.2 Å². The van der Waals surface area contributed by atoms with Gasteiger partial charge in [-0.05, 0) is 25.3 Å². The average Bonchev–Trinajstić information content (AvgIpc) is 3.25. The topological polar surface area (TPSA) is 64.8 Å². The van der Waals surface area contributed by atoms with Crippen LogP contribution in [0.5, 0.6) is 0 Å². The summed E-state index contributed by atoms with van der Waals surface area (Å²) < 4.78 is 0. The van der Waals surface area contributed by atoms with Gasteiger partial charge in [-0.3, -0.25) is 0 Å². The number of nitriles is 1. The Labute approximate surface area is 128 Å². The summed E-state index contributed by atoms with van der Waals surface area (Å²) in [5.41, 5.74) is 0. The van der Waals surface area contributed by atoms with E-state index in [1.807, 2.05) is 7.05 Å². The number of hydrogen-bond donors (Lipinski definition) is 1. The van der Waals surface area contributed by atoms with Crippen molar-refractivity contribution in [2.75, 3.05) is 23.8 Å². The minimum atomic E-state index is 0.529. The summed E-state index contributed by atoms with van der Waals surface area (Å²) in [5, 5.41) is 13.1. The van der Waals surface area contributed by atoms with Crippen LogP contribution in [0.1, 0.15) is 31.1 Å². The molecule has 0 amide bonds. The zero-order valence-corrected chi connectivity index (χ0v) is 13.2. The van der Waals surface area contributed by atoms with Gasteiger partial charge in [-0.15, -0.1) is 11.3 Å². The Morgan fingerprint density at radius 2 is 2.29 bits per heavy atom. The molecule has 1 aliphatic rings. The highest BCUT2D eigenvalue weighted by Crippen LogP contribution is 2.37. The zero-order chi connectivity index (χ0) is 14.8. The van der Waals surface area contributed by atoms with E-state index >= 15 is 0 Å². The standard InChI is InChI=1S/C15H19N5S/c1-3-11-9-12-13(18-15(17-2)19-14(12)21-11)20(8-4-7-16)10-5-6-10/h9-10H,3-6,8H2,1-2H3,(H,17,18,19). The molecule has 1 N–H and O–H groups in total. The molecule has 110 valence electrons. The van der Waals surface area contributed by atoms with Crippen molar-refractivity contribution in [2.24, 2.45) is 0 Å². The van der Waals surface area contributed by atoms with Crippen LogP contribution in [0.2, 0.25) is 0 Å². The summed E-state index contributed by atoms with van der Waals surface area (Å²) >= 11 is 1.73. The average molecular weight is 301 g/mol. The lowest BCUT2D eigenvalue weighted by Gasteiger charge is -2.23. The molecule has 21 heavy (non-hydrogen) atoms. The first-order chi connectivity index (χ1) is 10.3. The van der Waals surface area contributed by atoms with Crippen molar-refractivity contribution in [1.29, 1.82) is 5.26 Å². The van der Waals surface area contributed by atoms with E-state index in [1.54, 1.807) is 11.3 Å². The highest BCUT2D eigenvalue weighted by atomic mass is 32.1. The molecule has 1 aliphatic carbocycles. The monoisotopic (exact) mass is 301 g/mol. The molecule has 6 heteroatoms. The van der Waals surface area contributed by atoms with E-state index < -0.39 is 0 Å². The molecule has 1 saturated carbocycles. The third-order valence-corrected chi connectivity index (χ3v) is 4.89. The van der Waals surface area contributed by atoms with E-state index in [9.17, 15) is 0 Å². The number of nitrogens with zero attached hydrogens (tertiary/aromatic N) is 4. The van der Waals surface area contributed by atoms with Crippen molar-refractivity contribution >= 4 is 33.3 Å². The Morgan fingerprint density at radius 3 is 2.90 bits per heavy atom. The molecule has 0 bridgehead atoms. The predicted octanol–water partition coefficient (Wildman–Crippen LogP) is 3.18. The summed E-state index contributed by atoms with van der Waals surface area (Å²) in [6, 6.07) is 4.98. The van der Waals surface area contributed by atoms with Crippen molar-refractivity contribution in [2.45, 2.75) is 38.6 Å². The molecule has 3 rings (SSSR count). The Bertz CT molecular complexity index is 683. The second kappa shape index (κ2) is 5.86. The van der Waals surface area contributed by atoms with Crippen molar-refractivity contribution < 1.29 is 0 Å². The Hall–Kier alpha value is -1.87. The first kappa shape index (κ1) is 14.1. The van der Waals surface area contributed by atoms with Crippen LogP contribution in [0.25, 0.3) is 10.2 Å². The van der Waals surface area contributed by atoms with Crippen LogP contribution in [0.3, 0.4) is 0 Å². The highest BCUT2D eigenvalue weighted by molar-refractivity contribution is 7.18. The quantitative estimate of drug-likeness (QED) is 0.887. The fraction of sp³-hybridized carbons (Fsp3) is 0.533. The van der Waals surface area contributed by atoms with Crippen LogP contribution in [0.15, 0.2) is 6.07 Å². The van der Waals surface area contributed by atoms with Gasteiger partial charge in [0.15, 0.2) is 0 Å². The first-order valence-electron chi connectivity index (χ1n) is 7.38. The molecule has 0 spiro atoms. The molecule has 0 aliphatic heterocycles. The summed E-state index contributed by atoms with van der Waals surface area (Å²) in [6.07, 6.45) is 3.92. The van der Waals surface area contributed by atoms with Gasteiger partial charge in [-0.1, -0.05) is 6.92 Å². The van der Waals surface area contributed by atoms with Crippen molar-refractivity contribution in [3.63, 3.8) is 0 Å². The fourth-order valence-corrected chi connectivity index (χ4v) is 3.44. The molecule has 0 aromatic carbocycles. The second-order valence-electron chi connectivity index (χ2n) is 5.24. The van der Waals surface area contributed by atoms with Gasteiger partial charge in [0.05, 0.1) is 17.9 Å². The lowest BCUT2D eigenvalue weighted by Crippen LogP contribution is -2.28. The number of anilines is 2. The normalized spacial score (nSPS) is 14.1. The number of nitrogens with one attached hydrogen (secondary N) is 1. The molecule has 0 radical (unpaired) electrons. The molecule has 2 aromatic heterocycles. The van der Waals surface area contributed by atoms with Gasteiger partial charge in [0, 0.05) is 24.5 Å². The second-order valence-corrected chi connectivity index (χ2v) is 6.35. The third kappa shape index (κ3) is 2.79. The minimum Gasteiger partial charge on any atom is -0.357 e. The van der Waals surface area contributed by atoms with Gasteiger partial charge in [0.2, 0.25) is 5.95 Å². The SMILES string of the molecule is CCc1cc2c(N(CCC#N)C3CC3)nc(NC)nc2s1. The maximum absolute atomic E-state index is 8.90. The molecular formula is C15H19N5S. The largest absolute Gasteiger partial charge is 0.357 e. The van der Waals surface area contributed by atoms with Crippen LogP contribution in [-0.2, 0) is 6.42 Å². The Balaban J connectivity index is 2.09. The number of aromatic nitrogens is 2. The van der Waals surface area contributed by atoms with Crippen molar-refractivity contribution in [3.05, 3.63) is 10.9 Å². The van der Waals surface area contributed by atoms with E-state index in [1.165, 1.54) is 17.7 Å². The van der Waals surface area contributed by atoms with Crippen molar-refractivity contribution in [1.82, 2.24) is 9.97 Å². The molecule has 0 atom stereocenters. The van der Waals surface area contributed by atoms with Gasteiger partial charge in [-0.25, -0.2) is 4.98 Å². The van der Waals surface area contributed by atoms with Crippen molar-refractivity contribution in [3.8, 4) is 6.07 Å². The number of hydrogen-bond acceptors (Lipinski definition) is 6. The van der Waals surface area contributed by atoms with E-state index in [4.69, 9.17) is 5.26 Å². The van der Waals surface area contributed by atoms with Gasteiger partial charge >= 0.3 is 0 Å². The molecule has 2 aromatic rings. The maximum atomic E-state index is 8.90. The molecule has 0 unspecified atom stereocenters. The Morgan fingerprint density at radius 1 is 1.48 bits per heavy atom. The summed E-state index contributed by atoms with van der Waals surface area (Å²) in [5.74, 6) is 1.64. The van der Waals surface area contributed by atoms with E-state index in [0.29, 0.717) is 18.4 Å². The molecule has 2 heterocycles. The zero-order valence-electron chi connectivity index (χ0n) is 12.4. The smallest absolute Gasteiger partial charge is 0.225 e. The highest BCUT2D eigenvalue weighted by Gasteiger charge is 2.31. The maximum Gasteiger partial charge on any atom is 0.225 e. The van der Waals surface area contributed by atoms with Gasteiger partial charge in [0.25, 0.3) is 0 Å². The van der Waals surface area contributed by atoms with Crippen LogP contribution >= 0.6 is 11.3 Å². The lowest BCUT2D eigenvalue weighted by molar-refractivity contribution is 0.781. The fourth-order valence-electron chi connectivity index (χ4n) is 2.48. The van der Waals surface area contributed by atoms with Crippen LogP contribution in [0.4, 0.5) is 11.8 Å². The van der Waals surface area contributed by atoms with Gasteiger partial charge in [0.1, 0.15) is 10.6 Å². The molecule has 0 saturated heterocycles. The molecule has 1 fully saturated rings. The predicted molar refractivity (Wildman–Crippen MR) is 86.9 cm³/mol. The van der Waals surface area contributed by atoms with E-state index in [0.717, 1.165) is 29.0 Å². The molecule has 5 nitrogen and oxygen atoms in total. The number of fused-ring (bicyclic) bond motifs is 1. The number of aryl methyl sites for hydroxylation is 1. The third-order valence-electron chi connectivity index (χ3n) is 3.72. The summed E-state index contributed by atoms with van der Waals surface area (Å²) in [7, 11) is 1.84. The number of thiophene rings is 1. The van der Waals surface area contributed by atoms with Gasteiger partial charge < -0.3 is 10.2 Å². The summed E-state index contributed by atoms with van der Waals surface area (Å²) in [4.78, 5) is 13.9. The van der Waals surface area contributed by atoms with Crippen LogP contribution in [0, 0.1) is 11.3 Å². The van der Waals surface area contributed by atoms with Crippen LogP contribution in [-0.4, -0.2) is 29.6 Å².